The molecule has 0 nitrogen and oxygen atoms in total. The molecule has 90 valence electrons. The Labute approximate surface area is 91.8 Å². The molecule has 1 aromatic rings. The van der Waals surface area contributed by atoms with Crippen LogP contribution in [0.3, 0.4) is 0 Å². The van der Waals surface area contributed by atoms with E-state index in [1.54, 1.807) is 0 Å². The largest absolute Gasteiger partial charge is 0.390 e. The van der Waals surface area contributed by atoms with Gasteiger partial charge in [-0.1, -0.05) is 0 Å². The molecule has 0 bridgehead atoms. The molecule has 0 aliphatic heterocycles. The van der Waals surface area contributed by atoms with Crippen molar-refractivity contribution in [2.45, 2.75) is 18.0 Å². The van der Waals surface area contributed by atoms with Gasteiger partial charge in [-0.25, -0.2) is 13.2 Å². The highest BCUT2D eigenvalue weighted by atomic mass is 35.5. The van der Waals surface area contributed by atoms with E-state index in [-0.39, 0.29) is 6.07 Å². The van der Waals surface area contributed by atoms with Gasteiger partial charge in [-0.05, 0) is 6.07 Å². The molecule has 0 amide bonds. The van der Waals surface area contributed by atoms with Crippen molar-refractivity contribution < 1.29 is 26.3 Å². The van der Waals surface area contributed by atoms with Gasteiger partial charge in [-0.2, -0.15) is 13.2 Å². The van der Waals surface area contributed by atoms with E-state index in [1.165, 1.54) is 0 Å². The van der Waals surface area contributed by atoms with E-state index in [9.17, 15) is 26.3 Å². The first-order chi connectivity index (χ1) is 7.20. The molecule has 1 aromatic carbocycles. The van der Waals surface area contributed by atoms with Gasteiger partial charge in [0.1, 0.15) is 5.82 Å². The molecule has 0 aliphatic rings. The van der Waals surface area contributed by atoms with Crippen molar-refractivity contribution in [2.75, 3.05) is 0 Å². The van der Waals surface area contributed by atoms with Gasteiger partial charge in [0.25, 0.3) is 0 Å². The van der Waals surface area contributed by atoms with Crippen LogP contribution in [0, 0.1) is 17.5 Å². The van der Waals surface area contributed by atoms with Gasteiger partial charge in [-0.3, -0.25) is 0 Å². The fourth-order valence-electron chi connectivity index (χ4n) is 1.09. The normalized spacial score (nSPS) is 13.9. The zero-order valence-corrected chi connectivity index (χ0v) is 8.34. The van der Waals surface area contributed by atoms with Gasteiger partial charge in [0, 0.05) is 11.6 Å². The van der Waals surface area contributed by atoms with Crippen molar-refractivity contribution in [3.05, 3.63) is 35.1 Å². The van der Waals surface area contributed by atoms with Crippen LogP contribution in [0.15, 0.2) is 12.1 Å². The molecule has 0 aromatic heterocycles. The highest BCUT2D eigenvalue weighted by Crippen LogP contribution is 2.35. The van der Waals surface area contributed by atoms with Crippen molar-refractivity contribution >= 4 is 11.6 Å². The Morgan fingerprint density at radius 2 is 1.50 bits per heavy atom. The summed E-state index contributed by atoms with van der Waals surface area (Å²) in [5, 5.41) is -1.78. The maximum Gasteiger partial charge on any atom is 0.390 e. The lowest BCUT2D eigenvalue weighted by Crippen LogP contribution is -2.12. The SMILES string of the molecule is Fc1cc(F)c(C(Cl)CC(F)(F)F)cc1F. The van der Waals surface area contributed by atoms with Gasteiger partial charge in [-0.15, -0.1) is 11.6 Å². The zero-order valence-electron chi connectivity index (χ0n) is 7.58. The Morgan fingerprint density at radius 1 is 1.00 bits per heavy atom. The number of benzene rings is 1. The standard InChI is InChI=1S/C9H5ClF6/c10-5(3-9(14,15)16)4-1-7(12)8(13)2-6(4)11/h1-2,5H,3H2. The molecule has 0 aliphatic carbocycles. The fraction of sp³-hybridized carbons (Fsp3) is 0.333. The second kappa shape index (κ2) is 4.53. The van der Waals surface area contributed by atoms with E-state index in [0.29, 0.717) is 6.07 Å². The van der Waals surface area contributed by atoms with E-state index in [2.05, 4.69) is 0 Å². The van der Waals surface area contributed by atoms with Gasteiger partial charge >= 0.3 is 6.18 Å². The molecule has 1 unspecified atom stereocenters. The van der Waals surface area contributed by atoms with E-state index >= 15 is 0 Å². The summed E-state index contributed by atoms with van der Waals surface area (Å²) in [6.45, 7) is 0. The van der Waals surface area contributed by atoms with Crippen LogP contribution >= 0.6 is 11.6 Å². The second-order valence-electron chi connectivity index (χ2n) is 3.07. The molecule has 0 saturated carbocycles. The Balaban J connectivity index is 3.00. The number of alkyl halides is 4. The predicted octanol–water partition coefficient (Wildman–Crippen LogP) is 4.34. The van der Waals surface area contributed by atoms with Crippen LogP contribution in [0.1, 0.15) is 17.4 Å². The topological polar surface area (TPSA) is 0 Å². The molecular weight excluding hydrogens is 258 g/mol. The number of rotatable bonds is 2. The molecule has 0 heterocycles. The summed E-state index contributed by atoms with van der Waals surface area (Å²) in [6.07, 6.45) is -6.12. The lowest BCUT2D eigenvalue weighted by molar-refractivity contribution is -0.134. The second-order valence-corrected chi connectivity index (χ2v) is 3.60. The summed E-state index contributed by atoms with van der Waals surface area (Å²) in [5.74, 6) is -4.22. The highest BCUT2D eigenvalue weighted by molar-refractivity contribution is 6.20. The first-order valence-electron chi connectivity index (χ1n) is 4.06. The number of hydrogen-bond donors (Lipinski definition) is 0. The molecule has 16 heavy (non-hydrogen) atoms. The van der Waals surface area contributed by atoms with Crippen LogP contribution < -0.4 is 0 Å². The van der Waals surface area contributed by atoms with Gasteiger partial charge in [0.2, 0.25) is 0 Å². The quantitative estimate of drug-likeness (QED) is 0.423. The molecule has 1 rings (SSSR count). The van der Waals surface area contributed by atoms with Gasteiger partial charge in [0.15, 0.2) is 11.6 Å². The minimum absolute atomic E-state index is 0.163. The van der Waals surface area contributed by atoms with Crippen LogP contribution in [0.2, 0.25) is 0 Å². The Kier molecular flexibility index (Phi) is 3.72. The van der Waals surface area contributed by atoms with Crippen molar-refractivity contribution in [1.82, 2.24) is 0 Å². The van der Waals surface area contributed by atoms with Gasteiger partial charge < -0.3 is 0 Å². The zero-order chi connectivity index (χ0) is 12.5. The van der Waals surface area contributed by atoms with Crippen LogP contribution in [-0.4, -0.2) is 6.18 Å². The third-order valence-electron chi connectivity index (χ3n) is 1.79. The maximum absolute atomic E-state index is 13.0. The van der Waals surface area contributed by atoms with E-state index in [0.717, 1.165) is 0 Å². The summed E-state index contributed by atoms with van der Waals surface area (Å²) in [4.78, 5) is 0. The Morgan fingerprint density at radius 3 is 2.00 bits per heavy atom. The number of hydrogen-bond acceptors (Lipinski definition) is 0. The van der Waals surface area contributed by atoms with Crippen LogP contribution in [0.5, 0.6) is 0 Å². The summed E-state index contributed by atoms with van der Waals surface area (Å²) < 4.78 is 73.9. The van der Waals surface area contributed by atoms with E-state index in [4.69, 9.17) is 11.6 Å². The molecule has 0 saturated heterocycles. The van der Waals surface area contributed by atoms with E-state index < -0.39 is 41.0 Å². The smallest absolute Gasteiger partial charge is 0.207 e. The third kappa shape index (κ3) is 3.30. The summed E-state index contributed by atoms with van der Waals surface area (Å²) in [5.41, 5.74) is -0.710. The van der Waals surface area contributed by atoms with Crippen LogP contribution in [0.4, 0.5) is 26.3 Å². The monoisotopic (exact) mass is 262 g/mol. The molecule has 0 radical (unpaired) electrons. The van der Waals surface area contributed by atoms with Crippen molar-refractivity contribution in [2.24, 2.45) is 0 Å². The average Bonchev–Trinajstić information content (AvgIpc) is 2.08. The fourth-order valence-corrected chi connectivity index (χ4v) is 1.43. The molecule has 0 spiro atoms. The Bertz CT molecular complexity index is 386. The first-order valence-corrected chi connectivity index (χ1v) is 4.49. The first kappa shape index (κ1) is 13.2. The van der Waals surface area contributed by atoms with Crippen molar-refractivity contribution in [3.8, 4) is 0 Å². The minimum atomic E-state index is -4.61. The predicted molar refractivity (Wildman–Crippen MR) is 45.6 cm³/mol. The van der Waals surface area contributed by atoms with Crippen molar-refractivity contribution in [1.29, 1.82) is 0 Å². The Hall–Kier alpha value is -0.910. The molecule has 7 heteroatoms. The molecule has 0 N–H and O–H groups in total. The molecule has 0 fully saturated rings. The van der Waals surface area contributed by atoms with Crippen LogP contribution in [-0.2, 0) is 0 Å². The highest BCUT2D eigenvalue weighted by Gasteiger charge is 2.33. The van der Waals surface area contributed by atoms with Gasteiger partial charge in [0.05, 0.1) is 11.8 Å². The molecular formula is C9H5ClF6. The summed E-state index contributed by atoms with van der Waals surface area (Å²) in [6, 6.07) is 0.491. The maximum atomic E-state index is 13.0. The lowest BCUT2D eigenvalue weighted by Gasteiger charge is -2.13. The summed E-state index contributed by atoms with van der Waals surface area (Å²) in [7, 11) is 0. The lowest BCUT2D eigenvalue weighted by atomic mass is 10.1. The third-order valence-corrected chi connectivity index (χ3v) is 2.18. The summed E-state index contributed by atoms with van der Waals surface area (Å²) >= 11 is 5.27. The van der Waals surface area contributed by atoms with E-state index in [1.807, 2.05) is 0 Å². The van der Waals surface area contributed by atoms with Crippen LogP contribution in [0.25, 0.3) is 0 Å². The molecule has 1 atom stereocenters. The van der Waals surface area contributed by atoms with Crippen molar-refractivity contribution in [3.63, 3.8) is 0 Å². The minimum Gasteiger partial charge on any atom is -0.207 e. The number of halogens is 7. The average molecular weight is 263 g/mol.